The smallest absolute Gasteiger partial charge is 0.270 e. The number of hydrogen-bond acceptors (Lipinski definition) is 7. The summed E-state index contributed by atoms with van der Waals surface area (Å²) in [4.78, 5) is 31.3. The number of hydrogen-bond donors (Lipinski definition) is 1. The number of aryl methyl sites for hydroxylation is 1. The van der Waals surface area contributed by atoms with Crippen LogP contribution in [0, 0.1) is 17.0 Å². The van der Waals surface area contributed by atoms with E-state index in [1.165, 1.54) is 12.1 Å². The molecule has 0 radical (unpaired) electrons. The third-order valence-electron chi connectivity index (χ3n) is 4.30. The minimum absolute atomic E-state index is 0.0358. The Morgan fingerprint density at radius 1 is 1.28 bits per heavy atom. The number of amides is 1. The van der Waals surface area contributed by atoms with Gasteiger partial charge in [0.15, 0.2) is 0 Å². The lowest BCUT2D eigenvalue weighted by atomic mass is 10.2. The van der Waals surface area contributed by atoms with Crippen LogP contribution in [0.4, 0.5) is 5.69 Å². The van der Waals surface area contributed by atoms with Gasteiger partial charge in [0.25, 0.3) is 11.6 Å². The van der Waals surface area contributed by atoms with Crippen molar-refractivity contribution in [3.8, 4) is 0 Å². The van der Waals surface area contributed by atoms with Crippen molar-refractivity contribution >= 4 is 17.4 Å². The SMILES string of the molecule is Cc1nc2ncccn2c1C(=O)NCc1cn(Cc2ccc([N+](=O)[O-])cc2)nn1. The molecule has 4 aromatic rings. The normalized spacial score (nSPS) is 10.9. The molecular formula is C18H16N8O3. The number of nitro benzene ring substituents is 1. The fourth-order valence-electron chi connectivity index (χ4n) is 2.93. The van der Waals surface area contributed by atoms with E-state index >= 15 is 0 Å². The van der Waals surface area contributed by atoms with E-state index in [1.807, 2.05) is 0 Å². The first-order chi connectivity index (χ1) is 14.0. The largest absolute Gasteiger partial charge is 0.345 e. The van der Waals surface area contributed by atoms with Crippen LogP contribution in [0.5, 0.6) is 0 Å². The Morgan fingerprint density at radius 2 is 2.07 bits per heavy atom. The van der Waals surface area contributed by atoms with Gasteiger partial charge in [-0.2, -0.15) is 0 Å². The molecule has 11 nitrogen and oxygen atoms in total. The van der Waals surface area contributed by atoms with Crippen molar-refractivity contribution in [1.82, 2.24) is 34.7 Å². The minimum Gasteiger partial charge on any atom is -0.345 e. The van der Waals surface area contributed by atoms with E-state index in [4.69, 9.17) is 0 Å². The Balaban J connectivity index is 1.41. The fraction of sp³-hybridized carbons (Fsp3) is 0.167. The highest BCUT2D eigenvalue weighted by atomic mass is 16.6. The highest BCUT2D eigenvalue weighted by Crippen LogP contribution is 2.13. The predicted octanol–water partition coefficient (Wildman–Crippen LogP) is 1.52. The lowest BCUT2D eigenvalue weighted by Gasteiger charge is -2.04. The molecule has 3 heterocycles. The summed E-state index contributed by atoms with van der Waals surface area (Å²) in [5.41, 5.74) is 2.48. The second-order valence-corrected chi connectivity index (χ2v) is 6.35. The number of nitro groups is 1. The Kier molecular flexibility index (Phi) is 4.69. The summed E-state index contributed by atoms with van der Waals surface area (Å²) in [7, 11) is 0. The van der Waals surface area contributed by atoms with Crippen molar-refractivity contribution in [2.24, 2.45) is 0 Å². The molecule has 1 amide bonds. The summed E-state index contributed by atoms with van der Waals surface area (Å²) in [6.07, 6.45) is 5.06. The van der Waals surface area contributed by atoms with E-state index in [0.717, 1.165) is 5.56 Å². The van der Waals surface area contributed by atoms with Crippen LogP contribution < -0.4 is 5.32 Å². The van der Waals surface area contributed by atoms with Crippen molar-refractivity contribution in [2.75, 3.05) is 0 Å². The number of non-ortho nitro benzene ring substituents is 1. The molecule has 1 aromatic carbocycles. The lowest BCUT2D eigenvalue weighted by molar-refractivity contribution is -0.384. The molecule has 0 aliphatic rings. The van der Waals surface area contributed by atoms with Gasteiger partial charge < -0.3 is 5.32 Å². The average Bonchev–Trinajstić information content (AvgIpc) is 3.29. The Bertz CT molecular complexity index is 1200. The van der Waals surface area contributed by atoms with Gasteiger partial charge in [0.05, 0.1) is 29.9 Å². The maximum atomic E-state index is 12.6. The molecule has 0 saturated heterocycles. The van der Waals surface area contributed by atoms with E-state index < -0.39 is 4.92 Å². The summed E-state index contributed by atoms with van der Waals surface area (Å²) in [5.74, 6) is 0.178. The number of benzene rings is 1. The first kappa shape index (κ1) is 18.2. The fourth-order valence-corrected chi connectivity index (χ4v) is 2.93. The molecule has 0 fully saturated rings. The first-order valence-electron chi connectivity index (χ1n) is 8.71. The summed E-state index contributed by atoms with van der Waals surface area (Å²) in [6.45, 7) is 2.37. The molecule has 0 atom stereocenters. The zero-order chi connectivity index (χ0) is 20.4. The third-order valence-corrected chi connectivity index (χ3v) is 4.30. The van der Waals surface area contributed by atoms with Gasteiger partial charge in [-0.15, -0.1) is 5.10 Å². The zero-order valence-electron chi connectivity index (χ0n) is 15.4. The van der Waals surface area contributed by atoms with E-state index in [2.05, 4.69) is 25.6 Å². The van der Waals surface area contributed by atoms with Gasteiger partial charge in [0.2, 0.25) is 5.78 Å². The lowest BCUT2D eigenvalue weighted by Crippen LogP contribution is -2.25. The predicted molar refractivity (Wildman–Crippen MR) is 101 cm³/mol. The number of imidazole rings is 1. The minimum atomic E-state index is -0.443. The maximum absolute atomic E-state index is 12.6. The Labute approximate surface area is 164 Å². The number of carbonyl (C=O) groups excluding carboxylic acids is 1. The van der Waals surface area contributed by atoms with E-state index in [9.17, 15) is 14.9 Å². The molecule has 29 heavy (non-hydrogen) atoms. The third kappa shape index (κ3) is 3.78. The molecule has 0 aliphatic carbocycles. The molecule has 146 valence electrons. The maximum Gasteiger partial charge on any atom is 0.270 e. The molecule has 0 bridgehead atoms. The van der Waals surface area contributed by atoms with Gasteiger partial charge >= 0.3 is 0 Å². The molecule has 0 aliphatic heterocycles. The van der Waals surface area contributed by atoms with Gasteiger partial charge in [-0.05, 0) is 18.6 Å². The number of nitrogens with zero attached hydrogens (tertiary/aromatic N) is 7. The zero-order valence-corrected chi connectivity index (χ0v) is 15.4. The molecular weight excluding hydrogens is 376 g/mol. The summed E-state index contributed by atoms with van der Waals surface area (Å²) >= 11 is 0. The molecule has 11 heteroatoms. The standard InChI is InChI=1S/C18H16N8O3/c1-12-16(25-8-2-7-19-18(25)21-12)17(27)20-9-14-11-24(23-22-14)10-13-3-5-15(6-4-13)26(28)29/h2-8,11H,9-10H2,1H3,(H,20,27). The second-order valence-electron chi connectivity index (χ2n) is 6.35. The van der Waals surface area contributed by atoms with E-state index in [1.54, 1.807) is 52.8 Å². The van der Waals surface area contributed by atoms with Crippen LogP contribution in [-0.4, -0.2) is 40.2 Å². The number of fused-ring (bicyclic) bond motifs is 1. The number of aromatic nitrogens is 6. The number of rotatable bonds is 6. The van der Waals surface area contributed by atoms with Crippen molar-refractivity contribution in [2.45, 2.75) is 20.0 Å². The van der Waals surface area contributed by atoms with E-state index in [0.29, 0.717) is 29.4 Å². The monoisotopic (exact) mass is 392 g/mol. The van der Waals surface area contributed by atoms with Gasteiger partial charge in [-0.25, -0.2) is 14.6 Å². The van der Waals surface area contributed by atoms with Crippen molar-refractivity contribution < 1.29 is 9.72 Å². The topological polar surface area (TPSA) is 133 Å². The second kappa shape index (κ2) is 7.46. The number of nitrogens with one attached hydrogen (secondary N) is 1. The van der Waals surface area contributed by atoms with Crippen LogP contribution in [0.15, 0.2) is 48.9 Å². The van der Waals surface area contributed by atoms with Gasteiger partial charge in [0.1, 0.15) is 11.4 Å². The highest BCUT2D eigenvalue weighted by molar-refractivity contribution is 5.94. The van der Waals surface area contributed by atoms with Gasteiger partial charge in [-0.3, -0.25) is 19.3 Å². The van der Waals surface area contributed by atoms with Crippen molar-refractivity contribution in [1.29, 1.82) is 0 Å². The number of carbonyl (C=O) groups is 1. The molecule has 0 unspecified atom stereocenters. The van der Waals surface area contributed by atoms with Crippen LogP contribution in [0.3, 0.4) is 0 Å². The quantitative estimate of drug-likeness (QED) is 0.388. The molecule has 4 rings (SSSR count). The average molecular weight is 392 g/mol. The van der Waals surface area contributed by atoms with Crippen LogP contribution in [-0.2, 0) is 13.1 Å². The summed E-state index contributed by atoms with van der Waals surface area (Å²) < 4.78 is 3.24. The van der Waals surface area contributed by atoms with Crippen molar-refractivity contribution in [3.63, 3.8) is 0 Å². The van der Waals surface area contributed by atoms with Crippen molar-refractivity contribution in [3.05, 3.63) is 81.7 Å². The van der Waals surface area contributed by atoms with E-state index in [-0.39, 0.29) is 18.1 Å². The van der Waals surface area contributed by atoms with Crippen LogP contribution in [0.1, 0.15) is 27.4 Å². The van der Waals surface area contributed by atoms with Gasteiger partial charge in [0, 0.05) is 24.5 Å². The van der Waals surface area contributed by atoms with Crippen LogP contribution >= 0.6 is 0 Å². The Hall–Kier alpha value is -4.15. The first-order valence-corrected chi connectivity index (χ1v) is 8.71. The molecule has 3 aromatic heterocycles. The van der Waals surface area contributed by atoms with Crippen LogP contribution in [0.25, 0.3) is 5.78 Å². The van der Waals surface area contributed by atoms with Gasteiger partial charge in [-0.1, -0.05) is 17.3 Å². The summed E-state index contributed by atoms with van der Waals surface area (Å²) in [6, 6.07) is 7.96. The molecule has 1 N–H and O–H groups in total. The summed E-state index contributed by atoms with van der Waals surface area (Å²) in [5, 5.41) is 21.6. The Morgan fingerprint density at radius 3 is 2.83 bits per heavy atom. The van der Waals surface area contributed by atoms with Crippen LogP contribution in [0.2, 0.25) is 0 Å². The highest BCUT2D eigenvalue weighted by Gasteiger charge is 2.17. The molecule has 0 spiro atoms. The molecule has 0 saturated carbocycles.